The van der Waals surface area contributed by atoms with Crippen LogP contribution in [0.2, 0.25) is 22.2 Å². The molecule has 0 aromatic heterocycles. The second-order valence-electron chi connectivity index (χ2n) is 18.4. The Kier molecular flexibility index (Phi) is 12.2. The predicted octanol–water partition coefficient (Wildman–Crippen LogP) is 16.1. The van der Waals surface area contributed by atoms with Crippen molar-refractivity contribution in [2.45, 2.75) is 160 Å². The van der Waals surface area contributed by atoms with Crippen LogP contribution in [0.4, 0.5) is 0 Å². The molecule has 0 aliphatic rings. The molecular formula is C54H70Si2. The van der Waals surface area contributed by atoms with Crippen LogP contribution in [0.15, 0.2) is 47.8 Å². The average Bonchev–Trinajstić information content (AvgIpc) is 3.16. The van der Waals surface area contributed by atoms with E-state index in [1.807, 2.05) is 0 Å². The Labute approximate surface area is 343 Å². The van der Waals surface area contributed by atoms with Crippen LogP contribution in [-0.2, 0) is 0 Å². The van der Waals surface area contributed by atoms with Gasteiger partial charge in [-0.2, -0.15) is 0 Å². The topological polar surface area (TPSA) is 0 Å². The van der Waals surface area contributed by atoms with Crippen molar-refractivity contribution in [3.8, 4) is 22.9 Å². The normalized spacial score (nSPS) is 12.4. The van der Waals surface area contributed by atoms with Gasteiger partial charge < -0.3 is 0 Å². The molecule has 5 aromatic carbocycles. The first-order chi connectivity index (χ1) is 26.1. The second-order valence-corrected chi connectivity index (χ2v) is 28.4. The number of rotatable bonds is 8. The maximum atomic E-state index is 4.73. The van der Waals surface area contributed by atoms with Gasteiger partial charge in [0.05, 0.1) is 0 Å². The van der Waals surface area contributed by atoms with Crippen LogP contribution in [0.1, 0.15) is 138 Å². The standard InChI is InChI=1S/C54H70Si2/c1-21-35(11)55(31(3)4,32(5)6)25-23-45-51-27-47-41(17)37(13)39(15)43(19)49(47)29-53(51)46(24-26-56(33(7)8,34(9)10)36(12)22-2)54-30-50-44(20)40(16)38(14)42(18)48(50)28-52(45)54/h27-34H,11-12,21-22H2,1-10,13-20H3. The van der Waals surface area contributed by atoms with E-state index in [0.717, 1.165) is 24.0 Å². The molecule has 0 spiro atoms. The fourth-order valence-electron chi connectivity index (χ4n) is 10.4. The van der Waals surface area contributed by atoms with Crippen molar-refractivity contribution in [3.63, 3.8) is 0 Å². The number of benzene rings is 5. The van der Waals surface area contributed by atoms with Crippen molar-refractivity contribution in [3.05, 3.63) is 103 Å². The van der Waals surface area contributed by atoms with Gasteiger partial charge in [-0.25, -0.2) is 0 Å². The molecule has 5 rings (SSSR count). The summed E-state index contributed by atoms with van der Waals surface area (Å²) in [5.41, 5.74) is 23.3. The van der Waals surface area contributed by atoms with Gasteiger partial charge in [-0.3, -0.25) is 0 Å². The van der Waals surface area contributed by atoms with Crippen molar-refractivity contribution >= 4 is 59.2 Å². The van der Waals surface area contributed by atoms with Crippen molar-refractivity contribution in [2.24, 2.45) is 0 Å². The smallest absolute Gasteiger partial charge is 0.120 e. The van der Waals surface area contributed by atoms with Gasteiger partial charge >= 0.3 is 0 Å². The molecule has 0 nitrogen and oxygen atoms in total. The molecule has 0 amide bonds. The quantitative estimate of drug-likeness (QED) is 0.0837. The predicted molar refractivity (Wildman–Crippen MR) is 259 cm³/mol. The Bertz CT molecular complexity index is 2260. The highest BCUT2D eigenvalue weighted by Gasteiger charge is 2.42. The first-order valence-corrected chi connectivity index (χ1v) is 25.7. The zero-order chi connectivity index (χ0) is 41.9. The Balaban J connectivity index is 2.20. The van der Waals surface area contributed by atoms with Gasteiger partial charge in [-0.1, -0.05) is 91.5 Å². The van der Waals surface area contributed by atoms with Crippen LogP contribution in [0, 0.1) is 78.3 Å². The van der Waals surface area contributed by atoms with Crippen molar-refractivity contribution in [2.75, 3.05) is 0 Å². The van der Waals surface area contributed by atoms with E-state index in [4.69, 9.17) is 13.2 Å². The Morgan fingerprint density at radius 2 is 0.625 bits per heavy atom. The average molecular weight is 775 g/mol. The minimum Gasteiger partial charge on any atom is -0.120 e. The van der Waals surface area contributed by atoms with Gasteiger partial charge in [-0.05, 0) is 202 Å². The Morgan fingerprint density at radius 3 is 0.804 bits per heavy atom. The summed E-state index contributed by atoms with van der Waals surface area (Å²) < 4.78 is 0. The molecule has 2 heteroatoms. The van der Waals surface area contributed by atoms with E-state index in [0.29, 0.717) is 22.2 Å². The summed E-state index contributed by atoms with van der Waals surface area (Å²) in [6, 6.07) is 9.94. The highest BCUT2D eigenvalue weighted by Crippen LogP contribution is 2.44. The summed E-state index contributed by atoms with van der Waals surface area (Å²) in [5, 5.41) is 12.9. The van der Waals surface area contributed by atoms with Crippen LogP contribution < -0.4 is 0 Å². The van der Waals surface area contributed by atoms with E-state index < -0.39 is 16.1 Å². The highest BCUT2D eigenvalue weighted by atomic mass is 28.3. The lowest BCUT2D eigenvalue weighted by atomic mass is 9.84. The van der Waals surface area contributed by atoms with Crippen molar-refractivity contribution in [1.29, 1.82) is 0 Å². The number of fused-ring (bicyclic) bond motifs is 4. The van der Waals surface area contributed by atoms with E-state index in [1.54, 1.807) is 0 Å². The Hall–Kier alpha value is -3.83. The van der Waals surface area contributed by atoms with Crippen molar-refractivity contribution < 1.29 is 0 Å². The minimum atomic E-state index is -2.27. The molecule has 0 saturated carbocycles. The number of allylic oxidation sites excluding steroid dienone is 2. The van der Waals surface area contributed by atoms with Gasteiger partial charge in [0.2, 0.25) is 0 Å². The van der Waals surface area contributed by atoms with Gasteiger partial charge in [0.25, 0.3) is 0 Å². The van der Waals surface area contributed by atoms with Crippen LogP contribution in [0.25, 0.3) is 43.1 Å². The molecule has 56 heavy (non-hydrogen) atoms. The molecule has 0 bridgehead atoms. The van der Waals surface area contributed by atoms with Crippen LogP contribution >= 0.6 is 0 Å². The van der Waals surface area contributed by atoms with Crippen LogP contribution in [0.3, 0.4) is 0 Å². The van der Waals surface area contributed by atoms with E-state index in [-0.39, 0.29) is 0 Å². The molecule has 0 fully saturated rings. The summed E-state index contributed by atoms with van der Waals surface area (Å²) in [4.78, 5) is 0. The lowest BCUT2D eigenvalue weighted by Crippen LogP contribution is -2.42. The number of hydrogen-bond acceptors (Lipinski definition) is 0. The maximum Gasteiger partial charge on any atom is 0.169 e. The molecule has 0 heterocycles. The third kappa shape index (κ3) is 6.54. The largest absolute Gasteiger partial charge is 0.169 e. The molecule has 0 radical (unpaired) electrons. The summed E-state index contributed by atoms with van der Waals surface area (Å²) in [6.07, 6.45) is 1.94. The van der Waals surface area contributed by atoms with E-state index in [9.17, 15) is 0 Å². The lowest BCUT2D eigenvalue weighted by molar-refractivity contribution is 0.909. The molecular weight excluding hydrogens is 705 g/mol. The highest BCUT2D eigenvalue weighted by molar-refractivity contribution is 6.96. The number of hydrogen-bond donors (Lipinski definition) is 0. The van der Waals surface area contributed by atoms with E-state index >= 15 is 0 Å². The SMILES string of the molecule is C=C(CC)[Si](C#Cc1c2cc3c(C)c(C)c(C)c(C)c3cc2c(C#C[Si](C(=C)CC)(C(C)C)C(C)C)c2cc3c(C)c(C)c(C)c(C)c3cc12)(C(C)C)C(C)C. The third-order valence-corrected chi connectivity index (χ3v) is 26.2. The maximum absolute atomic E-state index is 4.73. The molecule has 0 unspecified atom stereocenters. The molecule has 0 aliphatic carbocycles. The van der Waals surface area contributed by atoms with E-state index in [1.165, 1.54) is 98.0 Å². The Morgan fingerprint density at radius 1 is 0.411 bits per heavy atom. The second kappa shape index (κ2) is 15.8. The zero-order valence-electron chi connectivity index (χ0n) is 38.4. The summed E-state index contributed by atoms with van der Waals surface area (Å²) >= 11 is 0. The van der Waals surface area contributed by atoms with Gasteiger partial charge in [0.1, 0.15) is 0 Å². The molecule has 0 aliphatic heterocycles. The van der Waals surface area contributed by atoms with Gasteiger partial charge in [0.15, 0.2) is 16.1 Å². The summed E-state index contributed by atoms with van der Waals surface area (Å²) in [7, 11) is -4.55. The monoisotopic (exact) mass is 775 g/mol. The summed E-state index contributed by atoms with van der Waals surface area (Å²) in [5.74, 6) is 8.12. The molecule has 0 atom stereocenters. The minimum absolute atomic E-state index is 0.453. The first kappa shape index (κ1) is 43.3. The van der Waals surface area contributed by atoms with E-state index in [2.05, 4.69) is 172 Å². The van der Waals surface area contributed by atoms with Crippen LogP contribution in [-0.4, -0.2) is 16.1 Å². The van der Waals surface area contributed by atoms with Gasteiger partial charge in [0, 0.05) is 11.1 Å². The first-order valence-electron chi connectivity index (χ1n) is 21.4. The van der Waals surface area contributed by atoms with Crippen LogP contribution in [0.5, 0.6) is 0 Å². The molecule has 294 valence electrons. The fraction of sp³-hybridized carbons (Fsp3) is 0.444. The lowest BCUT2D eigenvalue weighted by Gasteiger charge is -2.36. The fourth-order valence-corrected chi connectivity index (χ4v) is 19.7. The molecule has 5 aromatic rings. The number of aryl methyl sites for hydroxylation is 4. The summed E-state index contributed by atoms with van der Waals surface area (Å²) in [6.45, 7) is 51.4. The molecule has 0 N–H and O–H groups in total. The molecule has 0 saturated heterocycles. The third-order valence-electron chi connectivity index (χ3n) is 14.8. The zero-order valence-corrected chi connectivity index (χ0v) is 40.4. The van der Waals surface area contributed by atoms with Crippen molar-refractivity contribution in [1.82, 2.24) is 0 Å². The van der Waals surface area contributed by atoms with Gasteiger partial charge in [-0.15, -0.1) is 24.2 Å².